The van der Waals surface area contributed by atoms with Crippen molar-refractivity contribution in [2.75, 3.05) is 0 Å². The maximum Gasteiger partial charge on any atom is 0.306 e. The van der Waals surface area contributed by atoms with E-state index in [0.717, 1.165) is 42.0 Å². The lowest BCUT2D eigenvalue weighted by Gasteiger charge is -2.19. The van der Waals surface area contributed by atoms with Gasteiger partial charge in [0.25, 0.3) is 0 Å². The number of nitrogens with zero attached hydrogens (tertiary/aromatic N) is 1. The summed E-state index contributed by atoms with van der Waals surface area (Å²) in [5.74, 6) is 0.469. The van der Waals surface area contributed by atoms with Gasteiger partial charge in [-0.05, 0) is 57.1 Å². The van der Waals surface area contributed by atoms with E-state index in [1.165, 1.54) is 19.3 Å². The topological polar surface area (TPSA) is 51.7 Å². The van der Waals surface area contributed by atoms with Gasteiger partial charge in [0.2, 0.25) is 0 Å². The molecule has 0 spiro atoms. The lowest BCUT2D eigenvalue weighted by atomic mass is 9.97. The third-order valence-corrected chi connectivity index (χ3v) is 6.41. The van der Waals surface area contributed by atoms with Crippen LogP contribution in [0.5, 0.6) is 0 Å². The summed E-state index contributed by atoms with van der Waals surface area (Å²) < 4.78 is 11.8. The molecule has 0 radical (unpaired) electrons. The van der Waals surface area contributed by atoms with Crippen LogP contribution in [0.4, 0.5) is 0 Å². The zero-order chi connectivity index (χ0) is 19.9. The van der Waals surface area contributed by atoms with Crippen LogP contribution < -0.4 is 0 Å². The predicted octanol–water partition coefficient (Wildman–Crippen LogP) is 5.86. The van der Waals surface area contributed by atoms with E-state index in [2.05, 4.69) is 24.1 Å². The fraction of sp³-hybridized carbons (Fsp3) is 0.652. The lowest BCUT2D eigenvalue weighted by molar-refractivity contribution is -0.148. The molecular formula is C23H33NO3S. The molecule has 0 amide bonds. The Labute approximate surface area is 173 Å². The van der Waals surface area contributed by atoms with Gasteiger partial charge in [-0.15, -0.1) is 11.3 Å². The second kappa shape index (κ2) is 10.4. The van der Waals surface area contributed by atoms with Gasteiger partial charge in [-0.2, -0.15) is 0 Å². The number of allylic oxidation sites excluding steroid dienone is 1. The van der Waals surface area contributed by atoms with Crippen LogP contribution in [0, 0.1) is 12.8 Å². The van der Waals surface area contributed by atoms with Crippen molar-refractivity contribution >= 4 is 23.4 Å². The number of aromatic nitrogens is 1. The number of thiazole rings is 1. The third-order valence-electron chi connectivity index (χ3n) is 5.62. The summed E-state index contributed by atoms with van der Waals surface area (Å²) in [6.07, 6.45) is 14.6. The maximum absolute atomic E-state index is 12.5. The smallest absolute Gasteiger partial charge is 0.306 e. The number of fused-ring (bicyclic) bond motifs is 1. The van der Waals surface area contributed by atoms with E-state index >= 15 is 0 Å². The van der Waals surface area contributed by atoms with Crippen LogP contribution in [0.1, 0.15) is 75.9 Å². The second-order valence-electron chi connectivity index (χ2n) is 8.24. The molecule has 3 rings (SSSR count). The number of esters is 1. The van der Waals surface area contributed by atoms with Crippen molar-refractivity contribution < 1.29 is 14.3 Å². The molecule has 0 N–H and O–H groups in total. The number of hydrogen-bond acceptors (Lipinski definition) is 5. The third kappa shape index (κ3) is 6.85. The van der Waals surface area contributed by atoms with Gasteiger partial charge in [0, 0.05) is 18.2 Å². The zero-order valence-corrected chi connectivity index (χ0v) is 18.2. The van der Waals surface area contributed by atoms with Gasteiger partial charge < -0.3 is 9.47 Å². The number of rotatable bonds is 2. The van der Waals surface area contributed by atoms with Gasteiger partial charge in [0.1, 0.15) is 6.10 Å². The van der Waals surface area contributed by atoms with E-state index in [9.17, 15) is 4.79 Å². The van der Waals surface area contributed by atoms with E-state index in [4.69, 9.17) is 9.47 Å². The number of epoxide rings is 1. The lowest BCUT2D eigenvalue weighted by Crippen LogP contribution is -2.22. The van der Waals surface area contributed by atoms with Crippen molar-refractivity contribution in [1.29, 1.82) is 0 Å². The van der Waals surface area contributed by atoms with Crippen molar-refractivity contribution in [3.63, 3.8) is 0 Å². The highest BCUT2D eigenvalue weighted by Gasteiger charge is 2.40. The molecule has 154 valence electrons. The molecule has 0 saturated carbocycles. The highest BCUT2D eigenvalue weighted by Crippen LogP contribution is 2.33. The normalized spacial score (nSPS) is 31.7. The molecule has 0 aliphatic carbocycles. The zero-order valence-electron chi connectivity index (χ0n) is 17.4. The minimum absolute atomic E-state index is 0.0942. The van der Waals surface area contributed by atoms with Crippen LogP contribution >= 0.6 is 11.3 Å². The summed E-state index contributed by atoms with van der Waals surface area (Å²) in [6, 6.07) is 0. The SMILES string of the molecule is C/C(=C\c1csc(C)n1)[C@@H]1C[C@@H]2O[C@@H]2C/C=C\CCCC[C@H](C)CCC(=O)O1. The van der Waals surface area contributed by atoms with E-state index in [0.29, 0.717) is 12.3 Å². The predicted molar refractivity (Wildman–Crippen MR) is 114 cm³/mol. The Kier molecular flexibility index (Phi) is 7.86. The molecule has 5 heteroatoms. The monoisotopic (exact) mass is 403 g/mol. The Morgan fingerprint density at radius 1 is 1.25 bits per heavy atom. The van der Waals surface area contributed by atoms with Crippen molar-refractivity contribution in [2.45, 2.75) is 90.4 Å². The number of ether oxygens (including phenoxy) is 2. The summed E-state index contributed by atoms with van der Waals surface area (Å²) in [6.45, 7) is 6.27. The van der Waals surface area contributed by atoms with Crippen molar-refractivity contribution in [3.8, 4) is 0 Å². The molecule has 2 aliphatic rings. The number of hydrogen-bond donors (Lipinski definition) is 0. The van der Waals surface area contributed by atoms with Gasteiger partial charge in [-0.1, -0.05) is 31.9 Å². The van der Waals surface area contributed by atoms with Gasteiger partial charge in [0.15, 0.2) is 0 Å². The molecule has 1 aromatic heterocycles. The molecule has 0 aromatic carbocycles. The number of carbonyl (C=O) groups is 1. The van der Waals surface area contributed by atoms with Crippen LogP contribution in [0.25, 0.3) is 6.08 Å². The quantitative estimate of drug-likeness (QED) is 0.352. The first kappa shape index (κ1) is 21.3. The summed E-state index contributed by atoms with van der Waals surface area (Å²) in [5.41, 5.74) is 1.98. The average Bonchev–Trinajstić information content (AvgIpc) is 3.27. The minimum Gasteiger partial charge on any atom is -0.458 e. The highest BCUT2D eigenvalue weighted by atomic mass is 32.1. The van der Waals surface area contributed by atoms with E-state index in [1.54, 1.807) is 11.3 Å². The standard InChI is InChI=1S/C23H33NO3S/c1-16-9-7-5-4-6-8-10-20-22(26-20)14-21(27-23(25)12-11-16)17(2)13-19-15-28-18(3)24-19/h6,8,13,15-16,20-22H,4-5,7,9-12,14H2,1-3H3/b8-6-,17-13+/t16-,20+,21-,22-/m0/s1. The average molecular weight is 404 g/mol. The van der Waals surface area contributed by atoms with Crippen LogP contribution in [0.2, 0.25) is 0 Å². The number of cyclic esters (lactones) is 1. The molecule has 2 aliphatic heterocycles. The fourth-order valence-electron chi connectivity index (χ4n) is 3.73. The van der Waals surface area contributed by atoms with Crippen LogP contribution in [-0.4, -0.2) is 29.3 Å². The van der Waals surface area contributed by atoms with E-state index in [1.807, 2.05) is 25.3 Å². The first-order valence-corrected chi connectivity index (χ1v) is 11.5. The molecule has 4 atom stereocenters. The van der Waals surface area contributed by atoms with Gasteiger partial charge in [-0.25, -0.2) is 4.98 Å². The Balaban J connectivity index is 1.68. The largest absolute Gasteiger partial charge is 0.458 e. The Bertz CT molecular complexity index is 708. The molecule has 0 unspecified atom stereocenters. The Morgan fingerprint density at radius 3 is 2.89 bits per heavy atom. The molecular weight excluding hydrogens is 370 g/mol. The number of aryl methyl sites for hydroxylation is 1. The van der Waals surface area contributed by atoms with Crippen LogP contribution in [-0.2, 0) is 14.3 Å². The van der Waals surface area contributed by atoms with E-state index < -0.39 is 0 Å². The van der Waals surface area contributed by atoms with Gasteiger partial charge >= 0.3 is 5.97 Å². The maximum atomic E-state index is 12.5. The molecule has 28 heavy (non-hydrogen) atoms. The summed E-state index contributed by atoms with van der Waals surface area (Å²) in [7, 11) is 0. The first-order chi connectivity index (χ1) is 13.5. The Morgan fingerprint density at radius 2 is 2.11 bits per heavy atom. The molecule has 3 heterocycles. The van der Waals surface area contributed by atoms with E-state index in [-0.39, 0.29) is 24.3 Å². The summed E-state index contributed by atoms with van der Waals surface area (Å²) >= 11 is 1.63. The molecule has 0 bridgehead atoms. The van der Waals surface area contributed by atoms with Crippen molar-refractivity contribution in [2.24, 2.45) is 5.92 Å². The van der Waals surface area contributed by atoms with Crippen LogP contribution in [0.15, 0.2) is 23.1 Å². The second-order valence-corrected chi connectivity index (χ2v) is 9.30. The molecule has 4 nitrogen and oxygen atoms in total. The van der Waals surface area contributed by atoms with Gasteiger partial charge in [-0.3, -0.25) is 4.79 Å². The van der Waals surface area contributed by atoms with Gasteiger partial charge in [0.05, 0.1) is 22.9 Å². The molecule has 1 aromatic rings. The first-order valence-electron chi connectivity index (χ1n) is 10.6. The summed E-state index contributed by atoms with van der Waals surface area (Å²) in [4.78, 5) is 17.0. The highest BCUT2D eigenvalue weighted by molar-refractivity contribution is 7.09. The minimum atomic E-state index is -0.239. The van der Waals surface area contributed by atoms with Crippen molar-refractivity contribution in [1.82, 2.24) is 4.98 Å². The number of carbonyl (C=O) groups excluding carboxylic acids is 1. The fourth-order valence-corrected chi connectivity index (χ4v) is 4.30. The molecule has 1 fully saturated rings. The molecule has 1 saturated heterocycles. The summed E-state index contributed by atoms with van der Waals surface area (Å²) in [5, 5.41) is 3.08. The van der Waals surface area contributed by atoms with Crippen molar-refractivity contribution in [3.05, 3.63) is 33.8 Å². The van der Waals surface area contributed by atoms with Crippen LogP contribution in [0.3, 0.4) is 0 Å². The Hall–Kier alpha value is -1.46.